The van der Waals surface area contributed by atoms with Gasteiger partial charge < -0.3 is 28.7 Å². The molecule has 202 valence electrons. The number of ether oxygens (including phenoxy) is 4. The van der Waals surface area contributed by atoms with Crippen LogP contribution in [0.2, 0.25) is 0 Å². The van der Waals surface area contributed by atoms with Crippen LogP contribution in [0, 0.1) is 6.92 Å². The summed E-state index contributed by atoms with van der Waals surface area (Å²) in [5.74, 6) is 0.630. The quantitative estimate of drug-likeness (QED) is 0.205. The van der Waals surface area contributed by atoms with Crippen LogP contribution in [-0.4, -0.2) is 48.9 Å². The topological polar surface area (TPSA) is 122 Å². The average molecular weight is 542 g/mol. The van der Waals surface area contributed by atoms with Crippen LogP contribution in [-0.2, 0) is 21.4 Å². The van der Waals surface area contributed by atoms with Gasteiger partial charge in [-0.1, -0.05) is 31.7 Å². The number of aryl methyl sites for hydroxylation is 2. The Morgan fingerprint density at radius 1 is 1.11 bits per heavy atom. The molecule has 2 heterocycles. The number of benzene rings is 1. The molecular weight excluding hydrogens is 510 g/mol. The summed E-state index contributed by atoms with van der Waals surface area (Å²) in [5.41, 5.74) is 3.85. The number of carbonyl (C=O) groups is 2. The van der Waals surface area contributed by atoms with Gasteiger partial charge in [0.2, 0.25) is 11.8 Å². The normalized spacial score (nSPS) is 13.5. The minimum atomic E-state index is -0.557. The number of carbonyl (C=O) groups excluding carboxylic acids is 2. The highest BCUT2D eigenvalue weighted by atomic mass is 32.2. The fourth-order valence-electron chi connectivity index (χ4n) is 4.25. The van der Waals surface area contributed by atoms with Crippen LogP contribution in [0.1, 0.15) is 53.9 Å². The van der Waals surface area contributed by atoms with Crippen LogP contribution in [0.4, 0.5) is 5.69 Å². The number of aromatic nitrogens is 2. The number of furan rings is 1. The third-order valence-electron chi connectivity index (χ3n) is 6.38. The van der Waals surface area contributed by atoms with Gasteiger partial charge in [0.15, 0.2) is 16.6 Å². The SMILES string of the molecule is COC(=O)CCSc1nc(OC)c(NC(=O)c2ccc(Oc3cc4c(cc3C)CCC4(C)C)o2)c(OC)n1. The minimum absolute atomic E-state index is 0.0276. The molecule has 11 heteroatoms. The van der Waals surface area contributed by atoms with Crippen molar-refractivity contribution in [3.05, 3.63) is 46.7 Å². The molecule has 0 fully saturated rings. The second-order valence-corrected chi connectivity index (χ2v) is 10.5. The summed E-state index contributed by atoms with van der Waals surface area (Å²) in [6.07, 6.45) is 2.34. The zero-order valence-electron chi connectivity index (χ0n) is 22.3. The van der Waals surface area contributed by atoms with Gasteiger partial charge >= 0.3 is 5.97 Å². The number of rotatable bonds is 10. The van der Waals surface area contributed by atoms with Crippen molar-refractivity contribution in [1.29, 1.82) is 0 Å². The number of hydrogen-bond acceptors (Lipinski definition) is 10. The standard InChI is InChI=1S/C27H31N3O7S/c1-15-13-16-9-11-27(2,3)17(16)14-19(15)37-21-8-7-18(36-21)23(32)28-22-24(34-5)29-26(30-25(22)35-6)38-12-10-20(31)33-4/h7-8,13-14H,9-12H2,1-6H3,(H,28,32). The van der Waals surface area contributed by atoms with Crippen LogP contribution < -0.4 is 19.5 Å². The van der Waals surface area contributed by atoms with Gasteiger partial charge in [0.25, 0.3) is 11.9 Å². The molecule has 0 radical (unpaired) electrons. The maximum Gasteiger partial charge on any atom is 0.306 e. The number of methoxy groups -OCH3 is 3. The van der Waals surface area contributed by atoms with E-state index in [2.05, 4.69) is 46.0 Å². The van der Waals surface area contributed by atoms with Crippen LogP contribution in [0.5, 0.6) is 23.5 Å². The predicted molar refractivity (Wildman–Crippen MR) is 142 cm³/mol. The molecule has 2 aromatic heterocycles. The first kappa shape index (κ1) is 27.3. The summed E-state index contributed by atoms with van der Waals surface area (Å²) in [5, 5.41) is 3.02. The lowest BCUT2D eigenvalue weighted by atomic mass is 9.86. The van der Waals surface area contributed by atoms with Gasteiger partial charge in [-0.05, 0) is 54.0 Å². The number of anilines is 1. The third-order valence-corrected chi connectivity index (χ3v) is 7.23. The van der Waals surface area contributed by atoms with Crippen molar-refractivity contribution < 1.29 is 33.0 Å². The van der Waals surface area contributed by atoms with Crippen LogP contribution in [0.3, 0.4) is 0 Å². The van der Waals surface area contributed by atoms with Crippen molar-refractivity contribution >= 4 is 29.3 Å². The average Bonchev–Trinajstić information content (AvgIpc) is 3.48. The molecule has 1 N–H and O–H groups in total. The molecule has 0 spiro atoms. The van der Waals surface area contributed by atoms with E-state index < -0.39 is 5.91 Å². The number of nitrogens with one attached hydrogen (secondary N) is 1. The summed E-state index contributed by atoms with van der Waals surface area (Å²) < 4.78 is 27.1. The van der Waals surface area contributed by atoms with Crippen molar-refractivity contribution in [2.75, 3.05) is 32.4 Å². The number of thioether (sulfide) groups is 1. The lowest BCUT2D eigenvalue weighted by molar-refractivity contribution is -0.140. The Balaban J connectivity index is 1.49. The second-order valence-electron chi connectivity index (χ2n) is 9.41. The lowest BCUT2D eigenvalue weighted by Gasteiger charge is -2.20. The maximum absolute atomic E-state index is 13.0. The molecule has 10 nitrogen and oxygen atoms in total. The van der Waals surface area contributed by atoms with E-state index in [0.717, 1.165) is 18.4 Å². The molecule has 0 bridgehead atoms. The summed E-state index contributed by atoms with van der Waals surface area (Å²) in [7, 11) is 4.16. The number of hydrogen-bond donors (Lipinski definition) is 1. The highest BCUT2D eigenvalue weighted by Crippen LogP contribution is 2.42. The van der Waals surface area contributed by atoms with Crippen molar-refractivity contribution in [1.82, 2.24) is 9.97 Å². The largest absolute Gasteiger partial charge is 0.479 e. The first-order chi connectivity index (χ1) is 18.1. The Morgan fingerprint density at radius 2 is 1.82 bits per heavy atom. The summed E-state index contributed by atoms with van der Waals surface area (Å²) in [4.78, 5) is 33.0. The van der Waals surface area contributed by atoms with E-state index in [9.17, 15) is 9.59 Å². The van der Waals surface area contributed by atoms with E-state index in [0.29, 0.717) is 16.7 Å². The predicted octanol–water partition coefficient (Wildman–Crippen LogP) is 5.32. The van der Waals surface area contributed by atoms with Gasteiger partial charge in [-0.15, -0.1) is 0 Å². The van der Waals surface area contributed by atoms with Gasteiger partial charge in [0.1, 0.15) is 5.75 Å². The zero-order valence-corrected chi connectivity index (χ0v) is 23.1. The zero-order chi connectivity index (χ0) is 27.4. The smallest absolute Gasteiger partial charge is 0.306 e. The molecule has 0 saturated carbocycles. The number of fused-ring (bicyclic) bond motifs is 1. The van der Waals surface area contributed by atoms with Gasteiger partial charge in [0, 0.05) is 11.8 Å². The monoisotopic (exact) mass is 541 g/mol. The number of nitrogens with zero attached hydrogens (tertiary/aromatic N) is 2. The van der Waals surface area contributed by atoms with E-state index in [-0.39, 0.29) is 47.0 Å². The van der Waals surface area contributed by atoms with Gasteiger partial charge in [-0.3, -0.25) is 9.59 Å². The Bertz CT molecular complexity index is 1330. The van der Waals surface area contributed by atoms with Crippen LogP contribution >= 0.6 is 11.8 Å². The molecule has 0 saturated heterocycles. The fourth-order valence-corrected chi connectivity index (χ4v) is 5.00. The summed E-state index contributed by atoms with van der Waals surface area (Å²) in [6, 6.07) is 7.34. The Kier molecular flexibility index (Phi) is 8.15. The molecule has 0 aliphatic heterocycles. The summed E-state index contributed by atoms with van der Waals surface area (Å²) >= 11 is 1.23. The van der Waals surface area contributed by atoms with Gasteiger partial charge in [0.05, 0.1) is 27.8 Å². The molecule has 1 aliphatic rings. The van der Waals surface area contributed by atoms with E-state index in [4.69, 9.17) is 18.6 Å². The first-order valence-corrected chi connectivity index (χ1v) is 13.1. The third kappa shape index (κ3) is 5.88. The first-order valence-electron chi connectivity index (χ1n) is 12.1. The molecular formula is C27H31N3O7S. The highest BCUT2D eigenvalue weighted by molar-refractivity contribution is 7.99. The Labute approximate surface area is 225 Å². The van der Waals surface area contributed by atoms with Crippen LogP contribution in [0.15, 0.2) is 33.8 Å². The molecule has 1 aliphatic carbocycles. The fraction of sp³-hybridized carbons (Fsp3) is 0.407. The molecule has 0 unspecified atom stereocenters. The van der Waals surface area contributed by atoms with E-state index in [1.54, 1.807) is 6.07 Å². The molecule has 1 amide bonds. The molecule has 1 aromatic carbocycles. The van der Waals surface area contributed by atoms with Gasteiger partial charge in [-0.2, -0.15) is 9.97 Å². The maximum atomic E-state index is 13.0. The van der Waals surface area contributed by atoms with Gasteiger partial charge in [-0.25, -0.2) is 0 Å². The number of amides is 1. The van der Waals surface area contributed by atoms with E-state index in [1.165, 1.54) is 50.3 Å². The Morgan fingerprint density at radius 3 is 2.47 bits per heavy atom. The highest BCUT2D eigenvalue weighted by Gasteiger charge is 2.31. The molecule has 3 aromatic rings. The van der Waals surface area contributed by atoms with Crippen molar-refractivity contribution in [2.24, 2.45) is 0 Å². The van der Waals surface area contributed by atoms with Crippen LogP contribution in [0.25, 0.3) is 0 Å². The van der Waals surface area contributed by atoms with E-state index in [1.807, 2.05) is 6.92 Å². The number of esters is 1. The molecule has 38 heavy (non-hydrogen) atoms. The Hall–Kier alpha value is -3.73. The second kappa shape index (κ2) is 11.3. The van der Waals surface area contributed by atoms with Crippen molar-refractivity contribution in [3.63, 3.8) is 0 Å². The van der Waals surface area contributed by atoms with E-state index >= 15 is 0 Å². The minimum Gasteiger partial charge on any atom is -0.479 e. The van der Waals surface area contributed by atoms with Crippen molar-refractivity contribution in [3.8, 4) is 23.5 Å². The summed E-state index contributed by atoms with van der Waals surface area (Å²) in [6.45, 7) is 6.45. The molecule has 0 atom stereocenters. The lowest BCUT2D eigenvalue weighted by Crippen LogP contribution is -2.14. The van der Waals surface area contributed by atoms with Crippen molar-refractivity contribution in [2.45, 2.75) is 50.6 Å². The molecule has 4 rings (SSSR count).